The van der Waals surface area contributed by atoms with E-state index in [-0.39, 0.29) is 6.10 Å². The summed E-state index contributed by atoms with van der Waals surface area (Å²) in [5, 5.41) is 1.75. The third kappa shape index (κ3) is 3.91. The molecule has 0 amide bonds. The Balaban J connectivity index is 1.69. The van der Waals surface area contributed by atoms with Crippen LogP contribution < -0.4 is 0 Å². The second-order valence-electron chi connectivity index (χ2n) is 7.31. The van der Waals surface area contributed by atoms with Crippen molar-refractivity contribution < 1.29 is 13.6 Å². The van der Waals surface area contributed by atoms with Crippen molar-refractivity contribution >= 4 is 30.3 Å². The lowest BCUT2D eigenvalue weighted by Gasteiger charge is -2.30. The van der Waals surface area contributed by atoms with Gasteiger partial charge in [0.15, 0.2) is 0 Å². The lowest BCUT2D eigenvalue weighted by Crippen LogP contribution is -2.17. The molecule has 28 heavy (non-hydrogen) atoms. The minimum atomic E-state index is -3.50. The van der Waals surface area contributed by atoms with Gasteiger partial charge in [-0.2, -0.15) is 0 Å². The van der Waals surface area contributed by atoms with Gasteiger partial charge < -0.3 is 4.90 Å². The molecule has 2 heterocycles. The van der Waals surface area contributed by atoms with E-state index in [9.17, 15) is 4.57 Å². The molecule has 0 aliphatic carbocycles. The number of halogens is 1. The standard InChI is InChI=1S/C21H24ClN2O3P/c1-23(2)13-11-17-15-24(20-6-4-3-5-19(17)20)28(25)26-14-12-21(27-28)16-7-9-18(22)10-8-16/h3-10,15,21H,11-14H2,1-2H3. The number of benzene rings is 2. The smallest absolute Gasteiger partial charge is 0.309 e. The maximum absolute atomic E-state index is 13.7. The van der Waals surface area contributed by atoms with Crippen LogP contribution in [0.5, 0.6) is 0 Å². The third-order valence-corrected chi connectivity index (χ3v) is 7.14. The molecule has 2 unspecified atom stereocenters. The lowest BCUT2D eigenvalue weighted by molar-refractivity contribution is 0.0771. The summed E-state index contributed by atoms with van der Waals surface area (Å²) in [6.45, 7) is 1.29. The van der Waals surface area contributed by atoms with Crippen molar-refractivity contribution in [1.29, 1.82) is 0 Å². The number of fused-ring (bicyclic) bond motifs is 1. The number of para-hydroxylation sites is 1. The van der Waals surface area contributed by atoms with Gasteiger partial charge in [-0.3, -0.25) is 13.4 Å². The van der Waals surface area contributed by atoms with Gasteiger partial charge in [0.25, 0.3) is 0 Å². The highest BCUT2D eigenvalue weighted by Crippen LogP contribution is 2.58. The highest BCUT2D eigenvalue weighted by molar-refractivity contribution is 7.52. The van der Waals surface area contributed by atoms with Crippen LogP contribution in [0, 0.1) is 0 Å². The molecule has 1 saturated heterocycles. The maximum atomic E-state index is 13.7. The highest BCUT2D eigenvalue weighted by Gasteiger charge is 2.37. The van der Waals surface area contributed by atoms with Gasteiger partial charge in [0.05, 0.1) is 18.2 Å². The summed E-state index contributed by atoms with van der Waals surface area (Å²) in [6.07, 6.45) is 3.15. The Morgan fingerprint density at radius 3 is 2.68 bits per heavy atom. The minimum absolute atomic E-state index is 0.289. The SMILES string of the molecule is CN(C)CCc1cn(P2(=O)OCCC(c3ccc(Cl)cc3)O2)c2ccccc12. The predicted molar refractivity (Wildman–Crippen MR) is 113 cm³/mol. The van der Waals surface area contributed by atoms with Crippen molar-refractivity contribution in [1.82, 2.24) is 9.24 Å². The number of hydrogen-bond acceptors (Lipinski definition) is 4. The number of aromatic nitrogens is 1. The van der Waals surface area contributed by atoms with Crippen LogP contribution in [0.2, 0.25) is 5.02 Å². The number of likely N-dealkylation sites (N-methyl/N-ethyl adjacent to an activating group) is 1. The molecule has 1 aliphatic heterocycles. The fourth-order valence-electron chi connectivity index (χ4n) is 3.51. The van der Waals surface area contributed by atoms with Crippen molar-refractivity contribution in [2.24, 2.45) is 0 Å². The zero-order valence-corrected chi connectivity index (χ0v) is 17.7. The van der Waals surface area contributed by atoms with Crippen molar-refractivity contribution in [2.75, 3.05) is 27.2 Å². The average Bonchev–Trinajstić information content (AvgIpc) is 3.07. The molecular formula is C21H24ClN2O3P. The second-order valence-corrected chi connectivity index (χ2v) is 9.58. The second kappa shape index (κ2) is 8.02. The van der Waals surface area contributed by atoms with E-state index >= 15 is 0 Å². The molecule has 2 atom stereocenters. The van der Waals surface area contributed by atoms with E-state index in [2.05, 4.69) is 11.0 Å². The first-order valence-electron chi connectivity index (χ1n) is 9.39. The molecule has 5 nitrogen and oxygen atoms in total. The van der Waals surface area contributed by atoms with Crippen molar-refractivity contribution in [3.63, 3.8) is 0 Å². The van der Waals surface area contributed by atoms with E-state index < -0.39 is 7.75 Å². The molecule has 2 aromatic carbocycles. The molecular weight excluding hydrogens is 395 g/mol. The summed E-state index contributed by atoms with van der Waals surface area (Å²) in [5.74, 6) is 0. The predicted octanol–water partition coefficient (Wildman–Crippen LogP) is 5.53. The highest BCUT2D eigenvalue weighted by atomic mass is 35.5. The molecule has 1 aromatic heterocycles. The molecule has 1 aliphatic rings. The van der Waals surface area contributed by atoms with Crippen LogP contribution in [-0.2, 0) is 20.0 Å². The van der Waals surface area contributed by atoms with E-state index in [1.54, 1.807) is 4.34 Å². The van der Waals surface area contributed by atoms with Crippen molar-refractivity contribution in [2.45, 2.75) is 18.9 Å². The number of nitrogens with zero attached hydrogens (tertiary/aromatic N) is 2. The molecule has 148 valence electrons. The molecule has 0 spiro atoms. The van der Waals surface area contributed by atoms with Crippen LogP contribution in [0.25, 0.3) is 10.9 Å². The maximum Gasteiger partial charge on any atom is 0.439 e. The van der Waals surface area contributed by atoms with Crippen LogP contribution in [0.15, 0.2) is 54.7 Å². The van der Waals surface area contributed by atoms with E-state index in [4.69, 9.17) is 20.6 Å². The monoisotopic (exact) mass is 418 g/mol. The fourth-order valence-corrected chi connectivity index (χ4v) is 5.53. The summed E-state index contributed by atoms with van der Waals surface area (Å²) in [7, 11) is 0.593. The Morgan fingerprint density at radius 2 is 1.93 bits per heavy atom. The van der Waals surface area contributed by atoms with Gasteiger partial charge in [0.1, 0.15) is 0 Å². The van der Waals surface area contributed by atoms with Gasteiger partial charge in [-0.25, -0.2) is 4.57 Å². The van der Waals surface area contributed by atoms with E-state index in [0.29, 0.717) is 18.1 Å². The van der Waals surface area contributed by atoms with Gasteiger partial charge in [0, 0.05) is 29.6 Å². The average molecular weight is 419 g/mol. The third-order valence-electron chi connectivity index (χ3n) is 5.00. The zero-order chi connectivity index (χ0) is 19.7. The topological polar surface area (TPSA) is 43.7 Å². The Morgan fingerprint density at radius 1 is 1.18 bits per heavy atom. The quantitative estimate of drug-likeness (QED) is 0.511. The van der Waals surface area contributed by atoms with Crippen LogP contribution in [-0.4, -0.2) is 36.5 Å². The van der Waals surface area contributed by atoms with Gasteiger partial charge >= 0.3 is 7.75 Å². The Labute approximate surface area is 170 Å². The molecule has 0 bridgehead atoms. The summed E-state index contributed by atoms with van der Waals surface area (Å²) >= 11 is 5.99. The normalized spacial score (nSPS) is 22.8. The molecule has 1 fully saturated rings. The van der Waals surface area contributed by atoms with Gasteiger partial charge in [-0.1, -0.05) is 41.9 Å². The first kappa shape index (κ1) is 19.7. The van der Waals surface area contributed by atoms with E-state index in [1.165, 1.54) is 0 Å². The fraction of sp³-hybridized carbons (Fsp3) is 0.333. The largest absolute Gasteiger partial charge is 0.439 e. The Kier molecular flexibility index (Phi) is 5.64. The molecule has 0 saturated carbocycles. The van der Waals surface area contributed by atoms with E-state index in [0.717, 1.165) is 35.0 Å². The zero-order valence-electron chi connectivity index (χ0n) is 16.0. The molecule has 0 radical (unpaired) electrons. The van der Waals surface area contributed by atoms with Gasteiger partial charge in [-0.15, -0.1) is 0 Å². The summed E-state index contributed by atoms with van der Waals surface area (Å²) in [6, 6.07) is 15.5. The summed E-state index contributed by atoms with van der Waals surface area (Å²) in [5.41, 5.74) is 2.97. The van der Waals surface area contributed by atoms with Crippen molar-refractivity contribution in [3.05, 3.63) is 70.9 Å². The Hall–Kier alpha value is -1.62. The first-order chi connectivity index (χ1) is 13.5. The summed E-state index contributed by atoms with van der Waals surface area (Å²) < 4.78 is 27.2. The van der Waals surface area contributed by atoms with Crippen LogP contribution in [0.4, 0.5) is 0 Å². The molecule has 4 rings (SSSR count). The minimum Gasteiger partial charge on any atom is -0.309 e. The van der Waals surface area contributed by atoms with Crippen molar-refractivity contribution in [3.8, 4) is 0 Å². The van der Waals surface area contributed by atoms with Crippen LogP contribution >= 0.6 is 19.3 Å². The number of rotatable bonds is 5. The number of hydrogen-bond donors (Lipinski definition) is 0. The summed E-state index contributed by atoms with van der Waals surface area (Å²) in [4.78, 5) is 2.14. The van der Waals surface area contributed by atoms with Crippen LogP contribution in [0.1, 0.15) is 23.7 Å². The lowest BCUT2D eigenvalue weighted by atomic mass is 10.1. The van der Waals surface area contributed by atoms with Gasteiger partial charge in [-0.05, 0) is 49.8 Å². The molecule has 0 N–H and O–H groups in total. The van der Waals surface area contributed by atoms with E-state index in [1.807, 2.05) is 62.8 Å². The Bertz CT molecular complexity index is 1020. The molecule has 3 aromatic rings. The van der Waals surface area contributed by atoms with Gasteiger partial charge in [0.2, 0.25) is 0 Å². The molecule has 7 heteroatoms. The van der Waals surface area contributed by atoms with Crippen LogP contribution in [0.3, 0.4) is 0 Å². The first-order valence-corrected chi connectivity index (χ1v) is 11.3.